The van der Waals surface area contributed by atoms with E-state index in [1.165, 1.54) is 55.5 Å². The monoisotopic (exact) mass is 594 g/mol. The van der Waals surface area contributed by atoms with Gasteiger partial charge in [-0.2, -0.15) is 0 Å². The highest BCUT2D eigenvalue weighted by molar-refractivity contribution is 5.99. The summed E-state index contributed by atoms with van der Waals surface area (Å²) in [6, 6.07) is 50.0. The maximum atomic E-state index is 2.43. The lowest BCUT2D eigenvalue weighted by atomic mass is 10.0. The Morgan fingerprint density at radius 3 is 1.83 bits per heavy atom. The smallest absolute Gasteiger partial charge is 0.0540 e. The molecule has 46 heavy (non-hydrogen) atoms. The SMILES string of the molecule is C/C(=C\C=C(/C)N(C1=CC=CCC1)c1cccc2ccccc12)c1ccc(N(c2ccccc2)c2cccc3ccccc23)cc1. The molecule has 6 aromatic carbocycles. The molecule has 6 aromatic rings. The normalized spacial score (nSPS) is 13.6. The minimum Gasteiger partial charge on any atom is -0.318 e. The summed E-state index contributed by atoms with van der Waals surface area (Å²) in [4.78, 5) is 4.78. The van der Waals surface area contributed by atoms with E-state index in [4.69, 9.17) is 0 Å². The summed E-state index contributed by atoms with van der Waals surface area (Å²) in [7, 11) is 0. The van der Waals surface area contributed by atoms with Crippen LogP contribution in [0.3, 0.4) is 0 Å². The molecule has 0 saturated heterocycles. The maximum Gasteiger partial charge on any atom is 0.0540 e. The van der Waals surface area contributed by atoms with Gasteiger partial charge in [0.05, 0.1) is 11.4 Å². The van der Waals surface area contributed by atoms with Gasteiger partial charge in [0, 0.05) is 33.5 Å². The van der Waals surface area contributed by atoms with E-state index in [9.17, 15) is 0 Å². The van der Waals surface area contributed by atoms with Gasteiger partial charge < -0.3 is 9.80 Å². The lowest BCUT2D eigenvalue weighted by Crippen LogP contribution is -2.21. The van der Waals surface area contributed by atoms with E-state index in [1.54, 1.807) is 0 Å². The lowest BCUT2D eigenvalue weighted by molar-refractivity contribution is 0.894. The molecule has 0 heterocycles. The van der Waals surface area contributed by atoms with Crippen molar-refractivity contribution in [2.45, 2.75) is 26.7 Å². The van der Waals surface area contributed by atoms with Crippen LogP contribution in [0.15, 0.2) is 181 Å². The van der Waals surface area contributed by atoms with Crippen LogP contribution in [0.4, 0.5) is 22.7 Å². The van der Waals surface area contributed by atoms with E-state index in [0.29, 0.717) is 0 Å². The molecule has 2 heteroatoms. The topological polar surface area (TPSA) is 6.48 Å². The van der Waals surface area contributed by atoms with Gasteiger partial charge in [-0.3, -0.25) is 0 Å². The Morgan fingerprint density at radius 2 is 1.15 bits per heavy atom. The molecule has 2 nitrogen and oxygen atoms in total. The summed E-state index contributed by atoms with van der Waals surface area (Å²) in [6.45, 7) is 4.42. The van der Waals surface area contributed by atoms with Crippen LogP contribution in [-0.4, -0.2) is 0 Å². The summed E-state index contributed by atoms with van der Waals surface area (Å²) in [6.07, 6.45) is 13.3. The van der Waals surface area contributed by atoms with Gasteiger partial charge in [0.1, 0.15) is 0 Å². The van der Waals surface area contributed by atoms with Crippen LogP contribution in [-0.2, 0) is 0 Å². The highest BCUT2D eigenvalue weighted by Crippen LogP contribution is 2.39. The summed E-state index contributed by atoms with van der Waals surface area (Å²) >= 11 is 0. The van der Waals surface area contributed by atoms with Crippen LogP contribution < -0.4 is 9.80 Å². The molecule has 0 bridgehead atoms. The molecular weight excluding hydrogens is 556 g/mol. The van der Waals surface area contributed by atoms with E-state index < -0.39 is 0 Å². The number of para-hydroxylation sites is 1. The molecule has 0 fully saturated rings. The minimum atomic E-state index is 1.02. The molecule has 0 atom stereocenters. The Labute approximate surface area is 272 Å². The predicted octanol–water partition coefficient (Wildman–Crippen LogP) is 12.5. The van der Waals surface area contributed by atoms with Crippen LogP contribution >= 0.6 is 0 Å². The van der Waals surface area contributed by atoms with Gasteiger partial charge >= 0.3 is 0 Å². The van der Waals surface area contributed by atoms with E-state index in [-0.39, 0.29) is 0 Å². The second kappa shape index (κ2) is 13.2. The predicted molar refractivity (Wildman–Crippen MR) is 199 cm³/mol. The van der Waals surface area contributed by atoms with Gasteiger partial charge in [0.25, 0.3) is 0 Å². The van der Waals surface area contributed by atoms with Crippen LogP contribution in [0, 0.1) is 0 Å². The number of hydrogen-bond donors (Lipinski definition) is 0. The van der Waals surface area contributed by atoms with Gasteiger partial charge in [0.2, 0.25) is 0 Å². The Balaban J connectivity index is 1.23. The highest BCUT2D eigenvalue weighted by atomic mass is 15.2. The number of benzene rings is 6. The third-order valence-electron chi connectivity index (χ3n) is 8.82. The average Bonchev–Trinajstić information content (AvgIpc) is 3.12. The molecule has 0 aromatic heterocycles. The second-order valence-electron chi connectivity index (χ2n) is 11.8. The van der Waals surface area contributed by atoms with Gasteiger partial charge in [-0.05, 0) is 97.1 Å². The van der Waals surface area contributed by atoms with Crippen LogP contribution in [0.5, 0.6) is 0 Å². The zero-order valence-electron chi connectivity index (χ0n) is 26.5. The first-order chi connectivity index (χ1) is 22.7. The van der Waals surface area contributed by atoms with Crippen molar-refractivity contribution in [2.24, 2.45) is 0 Å². The Morgan fingerprint density at radius 1 is 0.565 bits per heavy atom. The molecule has 1 aliphatic rings. The first kappa shape index (κ1) is 29.1. The quantitative estimate of drug-likeness (QED) is 0.162. The Bertz CT molecular complexity index is 2100. The molecule has 0 spiro atoms. The fourth-order valence-electron chi connectivity index (χ4n) is 6.45. The van der Waals surface area contributed by atoms with Crippen LogP contribution in [0.25, 0.3) is 27.1 Å². The van der Waals surface area contributed by atoms with E-state index in [1.807, 2.05) is 0 Å². The number of nitrogens with zero attached hydrogens (tertiary/aromatic N) is 2. The average molecular weight is 595 g/mol. The molecule has 0 amide bonds. The molecule has 224 valence electrons. The summed E-state index contributed by atoms with van der Waals surface area (Å²) < 4.78 is 0. The Kier molecular flexibility index (Phi) is 8.34. The molecule has 0 aliphatic heterocycles. The van der Waals surface area contributed by atoms with Crippen molar-refractivity contribution in [1.29, 1.82) is 0 Å². The third-order valence-corrected chi connectivity index (χ3v) is 8.82. The van der Waals surface area contributed by atoms with Gasteiger partial charge in [-0.15, -0.1) is 0 Å². The van der Waals surface area contributed by atoms with Crippen LogP contribution in [0.2, 0.25) is 0 Å². The zero-order chi connectivity index (χ0) is 31.3. The molecule has 0 N–H and O–H groups in total. The first-order valence-electron chi connectivity index (χ1n) is 16.1. The van der Waals surface area contributed by atoms with Gasteiger partial charge in [0.15, 0.2) is 0 Å². The highest BCUT2D eigenvalue weighted by Gasteiger charge is 2.18. The maximum absolute atomic E-state index is 2.43. The number of rotatable bonds is 8. The van der Waals surface area contributed by atoms with Crippen molar-refractivity contribution in [3.8, 4) is 0 Å². The summed E-state index contributed by atoms with van der Waals surface area (Å²) in [5.74, 6) is 0. The fourth-order valence-corrected chi connectivity index (χ4v) is 6.45. The number of allylic oxidation sites excluding steroid dienone is 8. The van der Waals surface area contributed by atoms with Crippen molar-refractivity contribution < 1.29 is 0 Å². The van der Waals surface area contributed by atoms with Gasteiger partial charge in [-0.1, -0.05) is 121 Å². The number of fused-ring (bicyclic) bond motifs is 2. The van der Waals surface area contributed by atoms with E-state index in [0.717, 1.165) is 24.2 Å². The molecule has 1 aliphatic carbocycles. The largest absolute Gasteiger partial charge is 0.318 e. The van der Waals surface area contributed by atoms with Gasteiger partial charge in [-0.25, -0.2) is 0 Å². The standard InChI is InChI=1S/C44H38N2/c1-33(27-28-34(2)45(38-19-5-3-6-20-38)43-25-13-17-36-15-9-11-23-41(36)43)35-29-31-40(32-30-35)46(39-21-7-4-8-22-39)44-26-14-18-37-16-10-12-24-42(37)44/h3-5,7-19,21-32H,6,20H2,1-2H3/b33-27+,34-28+. The molecule has 0 radical (unpaired) electrons. The van der Waals surface area contributed by atoms with Crippen molar-refractivity contribution in [3.63, 3.8) is 0 Å². The first-order valence-corrected chi connectivity index (χ1v) is 16.1. The minimum absolute atomic E-state index is 1.02. The third kappa shape index (κ3) is 5.90. The molecule has 7 rings (SSSR count). The van der Waals surface area contributed by atoms with Crippen molar-refractivity contribution >= 4 is 49.9 Å². The lowest BCUT2D eigenvalue weighted by Gasteiger charge is -2.30. The van der Waals surface area contributed by atoms with E-state index >= 15 is 0 Å². The summed E-state index contributed by atoms with van der Waals surface area (Å²) in [5, 5.41) is 4.98. The Hall–Kier alpha value is -5.60. The number of hydrogen-bond acceptors (Lipinski definition) is 2. The fraction of sp³-hybridized carbons (Fsp3) is 0.0909. The zero-order valence-corrected chi connectivity index (χ0v) is 26.5. The summed E-state index contributed by atoms with van der Waals surface area (Å²) in [5.41, 5.74) is 9.59. The van der Waals surface area contributed by atoms with Crippen LogP contribution in [0.1, 0.15) is 32.3 Å². The van der Waals surface area contributed by atoms with Crippen molar-refractivity contribution in [3.05, 3.63) is 187 Å². The molecular formula is C44H38N2. The number of anilines is 4. The second-order valence-corrected chi connectivity index (χ2v) is 11.8. The van der Waals surface area contributed by atoms with Crippen molar-refractivity contribution in [1.82, 2.24) is 0 Å². The molecule has 0 saturated carbocycles. The molecule has 0 unspecified atom stereocenters. The van der Waals surface area contributed by atoms with E-state index in [2.05, 4.69) is 194 Å². The van der Waals surface area contributed by atoms with Crippen molar-refractivity contribution in [2.75, 3.05) is 9.80 Å².